The van der Waals surface area contributed by atoms with E-state index in [4.69, 9.17) is 0 Å². The molecule has 9 aromatic rings. The standard InChI is InChI=1S/C25H17NS.C16H16.C7H8/c1-16-10-12-19-18-6-2-4-8-22(18)26(23(19)14-16)17-11-13-25-21(15-17)20-7-3-5-9-24(20)27-25;1-11-8-9-15-13(10-11)12-6-4-5-7-14(12)16(15,2)3;1-7-5-3-2-4-6-7/h2-15H,1H3;4-10H,1-3H3;2-6H,1H3. The summed E-state index contributed by atoms with van der Waals surface area (Å²) in [6.07, 6.45) is 0. The Morgan fingerprint density at radius 3 is 1.84 bits per heavy atom. The highest BCUT2D eigenvalue weighted by Gasteiger charge is 2.34. The average molecular weight is 664 g/mol. The van der Waals surface area contributed by atoms with Crippen molar-refractivity contribution in [1.82, 2.24) is 4.57 Å². The van der Waals surface area contributed by atoms with E-state index in [-0.39, 0.29) is 5.41 Å². The van der Waals surface area contributed by atoms with Crippen molar-refractivity contribution >= 4 is 53.3 Å². The largest absolute Gasteiger partial charge is 0.309 e. The molecule has 0 bridgehead atoms. The van der Waals surface area contributed by atoms with Gasteiger partial charge >= 0.3 is 0 Å². The third-order valence-corrected chi connectivity index (χ3v) is 11.3. The van der Waals surface area contributed by atoms with Gasteiger partial charge < -0.3 is 4.57 Å². The van der Waals surface area contributed by atoms with Gasteiger partial charge in [0.15, 0.2) is 0 Å². The van der Waals surface area contributed by atoms with Gasteiger partial charge in [-0.3, -0.25) is 0 Å². The van der Waals surface area contributed by atoms with Gasteiger partial charge in [0, 0.05) is 42.0 Å². The Bertz CT molecular complexity index is 2650. The predicted octanol–water partition coefficient (Wildman–Crippen LogP) is 13.8. The van der Waals surface area contributed by atoms with E-state index in [2.05, 4.69) is 179 Å². The number of aromatic nitrogens is 1. The second kappa shape index (κ2) is 12.8. The first-order valence-electron chi connectivity index (χ1n) is 17.4. The summed E-state index contributed by atoms with van der Waals surface area (Å²) < 4.78 is 5.10. The zero-order valence-corrected chi connectivity index (χ0v) is 30.2. The lowest BCUT2D eigenvalue weighted by molar-refractivity contribution is 0.660. The van der Waals surface area contributed by atoms with E-state index in [0.29, 0.717) is 0 Å². The van der Waals surface area contributed by atoms with E-state index in [1.807, 2.05) is 29.5 Å². The molecule has 0 fully saturated rings. The molecule has 1 aliphatic rings. The van der Waals surface area contributed by atoms with Gasteiger partial charge in [0.1, 0.15) is 0 Å². The van der Waals surface area contributed by atoms with Gasteiger partial charge in [0.25, 0.3) is 0 Å². The highest BCUT2D eigenvalue weighted by atomic mass is 32.1. The van der Waals surface area contributed by atoms with E-state index in [1.54, 1.807) is 0 Å². The number of thiophene rings is 1. The number of hydrogen-bond donors (Lipinski definition) is 0. The number of benzene rings is 7. The van der Waals surface area contributed by atoms with Gasteiger partial charge in [-0.1, -0.05) is 146 Å². The van der Waals surface area contributed by atoms with E-state index in [0.717, 1.165) is 0 Å². The SMILES string of the molecule is Cc1ccc2c(c1)-c1ccccc1C2(C)C.Cc1ccc2c3ccccc3n(-c3ccc4sc5ccccc5c4c3)c2c1.Cc1ccccc1. The molecule has 2 heterocycles. The van der Waals surface area contributed by atoms with Crippen molar-refractivity contribution < 1.29 is 0 Å². The van der Waals surface area contributed by atoms with Gasteiger partial charge in [-0.25, -0.2) is 0 Å². The van der Waals surface area contributed by atoms with Crippen LogP contribution < -0.4 is 0 Å². The first kappa shape index (κ1) is 31.8. The molecular formula is C48H41NS. The Balaban J connectivity index is 0.000000132. The Kier molecular flexibility index (Phi) is 8.13. The van der Waals surface area contributed by atoms with Crippen molar-refractivity contribution in [3.8, 4) is 16.8 Å². The molecule has 2 aromatic heterocycles. The van der Waals surface area contributed by atoms with Crippen LogP contribution in [-0.4, -0.2) is 4.57 Å². The number of hydrogen-bond acceptors (Lipinski definition) is 1. The van der Waals surface area contributed by atoms with Gasteiger partial charge in [-0.2, -0.15) is 0 Å². The fourth-order valence-electron chi connectivity index (χ4n) is 7.58. The molecule has 0 saturated heterocycles. The zero-order valence-electron chi connectivity index (χ0n) is 29.4. The quantitative estimate of drug-likeness (QED) is 0.165. The van der Waals surface area contributed by atoms with Crippen molar-refractivity contribution in [3.05, 3.63) is 186 Å². The van der Waals surface area contributed by atoms with Crippen LogP contribution in [0.2, 0.25) is 0 Å². The molecule has 50 heavy (non-hydrogen) atoms. The fourth-order valence-corrected chi connectivity index (χ4v) is 8.67. The number of fused-ring (bicyclic) bond motifs is 9. The average Bonchev–Trinajstić information content (AvgIpc) is 3.74. The summed E-state index contributed by atoms with van der Waals surface area (Å²) in [7, 11) is 0. The molecule has 2 heteroatoms. The minimum Gasteiger partial charge on any atom is -0.309 e. The Hall–Kier alpha value is -5.44. The van der Waals surface area contributed by atoms with Gasteiger partial charge in [-0.15, -0.1) is 11.3 Å². The van der Waals surface area contributed by atoms with Crippen molar-refractivity contribution in [2.75, 3.05) is 0 Å². The smallest absolute Gasteiger partial charge is 0.0543 e. The molecular weight excluding hydrogens is 623 g/mol. The minimum atomic E-state index is 0.152. The summed E-state index contributed by atoms with van der Waals surface area (Å²) in [6.45, 7) is 11.0. The summed E-state index contributed by atoms with van der Waals surface area (Å²) >= 11 is 1.87. The maximum atomic E-state index is 2.41. The lowest BCUT2D eigenvalue weighted by Gasteiger charge is -2.21. The normalized spacial score (nSPS) is 12.7. The van der Waals surface area contributed by atoms with Crippen molar-refractivity contribution in [2.45, 2.75) is 40.0 Å². The summed E-state index contributed by atoms with van der Waals surface area (Å²) in [5.41, 5.74) is 13.6. The first-order chi connectivity index (χ1) is 24.3. The topological polar surface area (TPSA) is 4.93 Å². The summed E-state index contributed by atoms with van der Waals surface area (Å²) in [4.78, 5) is 0. The van der Waals surface area contributed by atoms with Gasteiger partial charge in [0.05, 0.1) is 11.0 Å². The summed E-state index contributed by atoms with van der Waals surface area (Å²) in [5.74, 6) is 0. The minimum absolute atomic E-state index is 0.152. The van der Waals surface area contributed by atoms with Gasteiger partial charge in [0.2, 0.25) is 0 Å². The molecule has 0 atom stereocenters. The predicted molar refractivity (Wildman–Crippen MR) is 218 cm³/mol. The van der Waals surface area contributed by atoms with Crippen LogP contribution in [0.1, 0.15) is 41.7 Å². The van der Waals surface area contributed by atoms with Crippen LogP contribution in [-0.2, 0) is 5.41 Å². The van der Waals surface area contributed by atoms with Crippen LogP contribution in [0.25, 0.3) is 58.8 Å². The molecule has 7 aromatic carbocycles. The second-order valence-electron chi connectivity index (χ2n) is 14.0. The van der Waals surface area contributed by atoms with Gasteiger partial charge in [-0.05, 0) is 85.0 Å². The number of nitrogens with zero attached hydrogens (tertiary/aromatic N) is 1. The lowest BCUT2D eigenvalue weighted by Crippen LogP contribution is -2.14. The Morgan fingerprint density at radius 2 is 1.04 bits per heavy atom. The van der Waals surface area contributed by atoms with Crippen LogP contribution >= 0.6 is 11.3 Å². The maximum absolute atomic E-state index is 2.41. The molecule has 0 radical (unpaired) electrons. The summed E-state index contributed by atoms with van der Waals surface area (Å²) in [6, 6.07) is 56.8. The number of rotatable bonds is 1. The highest BCUT2D eigenvalue weighted by molar-refractivity contribution is 7.25. The fraction of sp³-hybridized carbons (Fsp3) is 0.125. The summed E-state index contributed by atoms with van der Waals surface area (Å²) in [5, 5.41) is 5.30. The third-order valence-electron chi connectivity index (χ3n) is 10.1. The Morgan fingerprint density at radius 1 is 0.420 bits per heavy atom. The van der Waals surface area contributed by atoms with Crippen molar-refractivity contribution in [3.63, 3.8) is 0 Å². The molecule has 244 valence electrons. The van der Waals surface area contributed by atoms with Crippen LogP contribution in [0.3, 0.4) is 0 Å². The van der Waals surface area contributed by atoms with E-state index in [1.165, 1.54) is 86.6 Å². The maximum Gasteiger partial charge on any atom is 0.0543 e. The van der Waals surface area contributed by atoms with Crippen LogP contribution in [0.4, 0.5) is 0 Å². The molecule has 1 nitrogen and oxygen atoms in total. The Labute approximate surface area is 299 Å². The molecule has 1 aliphatic carbocycles. The first-order valence-corrected chi connectivity index (χ1v) is 18.3. The van der Waals surface area contributed by atoms with Crippen LogP contribution in [0.5, 0.6) is 0 Å². The molecule has 0 amide bonds. The van der Waals surface area contributed by atoms with E-state index >= 15 is 0 Å². The molecule has 0 spiro atoms. The van der Waals surface area contributed by atoms with Crippen LogP contribution in [0, 0.1) is 20.8 Å². The molecule has 10 rings (SSSR count). The third kappa shape index (κ3) is 5.60. The van der Waals surface area contributed by atoms with E-state index in [9.17, 15) is 0 Å². The highest BCUT2D eigenvalue weighted by Crippen LogP contribution is 2.48. The lowest BCUT2D eigenvalue weighted by atomic mass is 9.82. The second-order valence-corrected chi connectivity index (χ2v) is 15.1. The number of para-hydroxylation sites is 1. The van der Waals surface area contributed by atoms with Crippen molar-refractivity contribution in [2.24, 2.45) is 0 Å². The van der Waals surface area contributed by atoms with Crippen molar-refractivity contribution in [1.29, 1.82) is 0 Å². The molecule has 0 unspecified atom stereocenters. The van der Waals surface area contributed by atoms with E-state index < -0.39 is 0 Å². The molecule has 0 aliphatic heterocycles. The molecule has 0 saturated carbocycles. The zero-order chi connectivity index (χ0) is 34.4. The van der Waals surface area contributed by atoms with Crippen LogP contribution in [0.15, 0.2) is 158 Å². The molecule has 0 N–H and O–H groups in total. The number of aryl methyl sites for hydroxylation is 3. The monoisotopic (exact) mass is 663 g/mol.